The normalized spacial score (nSPS) is 15.9. The first-order valence-corrected chi connectivity index (χ1v) is 8.30. The van der Waals surface area contributed by atoms with Gasteiger partial charge in [-0.25, -0.2) is 0 Å². The van der Waals surface area contributed by atoms with Gasteiger partial charge in [0.15, 0.2) is 6.10 Å². The molecule has 0 aliphatic carbocycles. The molecule has 1 aliphatic heterocycles. The van der Waals surface area contributed by atoms with E-state index < -0.39 is 11.5 Å². The summed E-state index contributed by atoms with van der Waals surface area (Å²) in [6.07, 6.45) is 0.0212. The molecule has 2 aromatic rings. The molecule has 0 saturated carbocycles. The van der Waals surface area contributed by atoms with Crippen LogP contribution in [0.1, 0.15) is 26.3 Å². The number of anilines is 2. The number of hydrogen-bond donors (Lipinski definition) is 2. The van der Waals surface area contributed by atoms with Gasteiger partial charge in [0.05, 0.1) is 0 Å². The fraction of sp³-hybridized carbons (Fsp3) is 0.300. The lowest BCUT2D eigenvalue weighted by Crippen LogP contribution is -2.31. The molecule has 1 heterocycles. The highest BCUT2D eigenvalue weighted by molar-refractivity contribution is 5.97. The number of carbonyl (C=O) groups excluding carboxylic acids is 2. The highest BCUT2D eigenvalue weighted by Gasteiger charge is 2.28. The average Bonchev–Trinajstić information content (AvgIpc) is 2.98. The van der Waals surface area contributed by atoms with Gasteiger partial charge in [-0.15, -0.1) is 0 Å². The first-order chi connectivity index (χ1) is 11.8. The van der Waals surface area contributed by atoms with Crippen LogP contribution in [0.3, 0.4) is 0 Å². The maximum atomic E-state index is 12.5. The molecule has 0 saturated heterocycles. The molecule has 5 nitrogen and oxygen atoms in total. The Morgan fingerprint density at radius 1 is 1.00 bits per heavy atom. The van der Waals surface area contributed by atoms with Gasteiger partial charge in [0.2, 0.25) is 5.91 Å². The van der Waals surface area contributed by atoms with Crippen molar-refractivity contribution in [3.63, 3.8) is 0 Å². The van der Waals surface area contributed by atoms with E-state index in [4.69, 9.17) is 4.74 Å². The second kappa shape index (κ2) is 6.59. The summed E-state index contributed by atoms with van der Waals surface area (Å²) in [6.45, 7) is 5.55. The third-order valence-electron chi connectivity index (χ3n) is 4.01. The van der Waals surface area contributed by atoms with E-state index in [0.29, 0.717) is 17.8 Å². The molecule has 0 spiro atoms. The van der Waals surface area contributed by atoms with Gasteiger partial charge in [-0.05, 0) is 29.8 Å². The largest absolute Gasteiger partial charge is 0.480 e. The maximum absolute atomic E-state index is 12.5. The minimum absolute atomic E-state index is 0.0782. The predicted octanol–water partition coefficient (Wildman–Crippen LogP) is 3.61. The number of carbonyl (C=O) groups is 2. The van der Waals surface area contributed by atoms with E-state index in [2.05, 4.69) is 10.6 Å². The van der Waals surface area contributed by atoms with Crippen LogP contribution in [0.2, 0.25) is 0 Å². The fourth-order valence-corrected chi connectivity index (χ4v) is 2.54. The van der Waals surface area contributed by atoms with Crippen LogP contribution in [-0.4, -0.2) is 17.9 Å². The lowest BCUT2D eigenvalue weighted by atomic mass is 9.95. The number of rotatable bonds is 3. The summed E-state index contributed by atoms with van der Waals surface area (Å²) >= 11 is 0. The number of para-hydroxylation sites is 1. The molecule has 130 valence electrons. The van der Waals surface area contributed by atoms with E-state index in [9.17, 15) is 9.59 Å². The smallest absolute Gasteiger partial charge is 0.265 e. The monoisotopic (exact) mass is 338 g/mol. The minimum atomic E-state index is -0.537. The lowest BCUT2D eigenvalue weighted by molar-refractivity contribution is -0.123. The fourth-order valence-electron chi connectivity index (χ4n) is 2.54. The Balaban J connectivity index is 1.65. The zero-order valence-electron chi connectivity index (χ0n) is 14.6. The quantitative estimate of drug-likeness (QED) is 0.898. The molecule has 3 rings (SSSR count). The zero-order valence-corrected chi connectivity index (χ0v) is 14.6. The van der Waals surface area contributed by atoms with Crippen LogP contribution in [0.4, 0.5) is 11.4 Å². The van der Waals surface area contributed by atoms with Gasteiger partial charge >= 0.3 is 0 Å². The standard InChI is InChI=1S/C20H22N2O3/c1-20(2,3)19(24)22-15-9-6-8-14(12-15)21-18(23)17-11-13-7-4-5-10-16(13)25-17/h4-10,12,17H,11H2,1-3H3,(H,21,23)(H,22,24). The Morgan fingerprint density at radius 2 is 1.68 bits per heavy atom. The summed E-state index contributed by atoms with van der Waals surface area (Å²) in [7, 11) is 0. The Morgan fingerprint density at radius 3 is 2.36 bits per heavy atom. The van der Waals surface area contributed by atoms with Crippen molar-refractivity contribution >= 4 is 23.2 Å². The molecule has 2 amide bonds. The molecule has 25 heavy (non-hydrogen) atoms. The molecular weight excluding hydrogens is 316 g/mol. The van der Waals surface area contributed by atoms with Gasteiger partial charge in [0, 0.05) is 23.2 Å². The number of hydrogen-bond acceptors (Lipinski definition) is 3. The molecule has 1 atom stereocenters. The SMILES string of the molecule is CC(C)(C)C(=O)Nc1cccc(NC(=O)C2Cc3ccccc3O2)c1. The van der Waals surface area contributed by atoms with Crippen molar-refractivity contribution < 1.29 is 14.3 Å². The Hall–Kier alpha value is -2.82. The number of ether oxygens (including phenoxy) is 1. The highest BCUT2D eigenvalue weighted by atomic mass is 16.5. The minimum Gasteiger partial charge on any atom is -0.480 e. The predicted molar refractivity (Wildman–Crippen MR) is 97.7 cm³/mol. The van der Waals surface area contributed by atoms with Crippen LogP contribution in [0.25, 0.3) is 0 Å². The molecule has 2 aromatic carbocycles. The lowest BCUT2D eigenvalue weighted by Gasteiger charge is -2.18. The second-order valence-electron chi connectivity index (χ2n) is 7.19. The van der Waals surface area contributed by atoms with E-state index in [0.717, 1.165) is 11.3 Å². The van der Waals surface area contributed by atoms with Crippen molar-refractivity contribution in [2.75, 3.05) is 10.6 Å². The van der Waals surface area contributed by atoms with E-state index in [1.165, 1.54) is 0 Å². The third-order valence-corrected chi connectivity index (χ3v) is 4.01. The molecule has 0 aromatic heterocycles. The second-order valence-corrected chi connectivity index (χ2v) is 7.19. The number of nitrogens with one attached hydrogen (secondary N) is 2. The summed E-state index contributed by atoms with van der Waals surface area (Å²) in [4.78, 5) is 24.5. The Labute approximate surface area is 147 Å². The van der Waals surface area contributed by atoms with Crippen molar-refractivity contribution in [1.29, 1.82) is 0 Å². The number of fused-ring (bicyclic) bond motifs is 1. The van der Waals surface area contributed by atoms with E-state index in [-0.39, 0.29) is 11.8 Å². The number of amides is 2. The molecule has 0 bridgehead atoms. The Kier molecular flexibility index (Phi) is 4.49. The summed E-state index contributed by atoms with van der Waals surface area (Å²) in [5, 5.41) is 5.71. The van der Waals surface area contributed by atoms with Crippen molar-refractivity contribution in [3.05, 3.63) is 54.1 Å². The summed E-state index contributed by atoms with van der Waals surface area (Å²) < 4.78 is 5.70. The summed E-state index contributed by atoms with van der Waals surface area (Å²) in [5.41, 5.74) is 1.82. The van der Waals surface area contributed by atoms with Crippen LogP contribution in [0, 0.1) is 5.41 Å². The maximum Gasteiger partial charge on any atom is 0.265 e. The van der Waals surface area contributed by atoms with E-state index >= 15 is 0 Å². The highest BCUT2D eigenvalue weighted by Crippen LogP contribution is 2.29. The first-order valence-electron chi connectivity index (χ1n) is 8.30. The van der Waals surface area contributed by atoms with Crippen molar-refractivity contribution in [2.24, 2.45) is 5.41 Å². The molecule has 0 radical (unpaired) electrons. The molecule has 1 unspecified atom stereocenters. The van der Waals surface area contributed by atoms with E-state index in [1.807, 2.05) is 45.0 Å². The van der Waals surface area contributed by atoms with Gasteiger partial charge < -0.3 is 15.4 Å². The van der Waals surface area contributed by atoms with Crippen LogP contribution in [0.5, 0.6) is 5.75 Å². The van der Waals surface area contributed by atoms with Gasteiger partial charge in [-0.3, -0.25) is 9.59 Å². The molecule has 1 aliphatic rings. The Bertz CT molecular complexity index is 784. The van der Waals surface area contributed by atoms with Gasteiger partial charge in [-0.1, -0.05) is 45.0 Å². The van der Waals surface area contributed by atoms with Crippen LogP contribution in [0.15, 0.2) is 48.5 Å². The third kappa shape index (κ3) is 3.99. The van der Waals surface area contributed by atoms with Gasteiger partial charge in [-0.2, -0.15) is 0 Å². The van der Waals surface area contributed by atoms with Crippen molar-refractivity contribution in [3.8, 4) is 5.75 Å². The molecule has 5 heteroatoms. The van der Waals surface area contributed by atoms with Crippen molar-refractivity contribution in [1.82, 2.24) is 0 Å². The summed E-state index contributed by atoms with van der Waals surface area (Å²) in [5.74, 6) is 0.481. The topological polar surface area (TPSA) is 67.4 Å². The van der Waals surface area contributed by atoms with Crippen LogP contribution < -0.4 is 15.4 Å². The zero-order chi connectivity index (χ0) is 18.0. The summed E-state index contributed by atoms with van der Waals surface area (Å²) in [6, 6.07) is 14.8. The van der Waals surface area contributed by atoms with Gasteiger partial charge in [0.1, 0.15) is 5.75 Å². The molecular formula is C20H22N2O3. The molecule has 2 N–H and O–H groups in total. The van der Waals surface area contributed by atoms with Gasteiger partial charge in [0.25, 0.3) is 5.91 Å². The van der Waals surface area contributed by atoms with Crippen LogP contribution >= 0.6 is 0 Å². The first kappa shape index (κ1) is 17.0. The molecule has 0 fully saturated rings. The van der Waals surface area contributed by atoms with Crippen molar-refractivity contribution in [2.45, 2.75) is 33.3 Å². The van der Waals surface area contributed by atoms with Crippen LogP contribution in [-0.2, 0) is 16.0 Å². The number of benzene rings is 2. The van der Waals surface area contributed by atoms with E-state index in [1.54, 1.807) is 24.3 Å². The average molecular weight is 338 g/mol.